The highest BCUT2D eigenvalue weighted by Crippen LogP contribution is 2.36. The summed E-state index contributed by atoms with van der Waals surface area (Å²) in [5.41, 5.74) is 2.17. The molecule has 138 valence electrons. The molecule has 26 heavy (non-hydrogen) atoms. The number of aryl methyl sites for hydroxylation is 2. The molecule has 1 aromatic heterocycles. The second-order valence-electron chi connectivity index (χ2n) is 6.95. The number of carbonyl (C=O) groups is 2. The van der Waals surface area contributed by atoms with Gasteiger partial charge in [0.05, 0.1) is 12.5 Å². The highest BCUT2D eigenvalue weighted by molar-refractivity contribution is 5.80. The maximum atomic E-state index is 12.4. The van der Waals surface area contributed by atoms with E-state index < -0.39 is 0 Å². The minimum atomic E-state index is -0.0906. The van der Waals surface area contributed by atoms with Crippen LogP contribution in [0.4, 0.5) is 0 Å². The molecule has 1 aliphatic rings. The number of nitrogens with zero attached hydrogens (tertiary/aromatic N) is 3. The molecule has 3 rings (SSSR count). The molecule has 0 unspecified atom stereocenters. The van der Waals surface area contributed by atoms with Crippen molar-refractivity contribution in [2.24, 2.45) is 13.0 Å². The molecule has 1 saturated heterocycles. The number of hydrogen-bond donors (Lipinski definition) is 1. The summed E-state index contributed by atoms with van der Waals surface area (Å²) in [5, 5.41) is 3.01. The third kappa shape index (κ3) is 3.79. The average molecular weight is 354 g/mol. The lowest BCUT2D eigenvalue weighted by atomic mass is 9.99. The number of imidazole rings is 1. The van der Waals surface area contributed by atoms with Gasteiger partial charge in [-0.05, 0) is 19.4 Å². The van der Waals surface area contributed by atoms with E-state index in [0.717, 1.165) is 11.4 Å². The summed E-state index contributed by atoms with van der Waals surface area (Å²) < 4.78 is 1.95. The summed E-state index contributed by atoms with van der Waals surface area (Å²) in [7, 11) is 1.94. The number of amides is 2. The first-order valence-electron chi connectivity index (χ1n) is 9.08. The quantitative estimate of drug-likeness (QED) is 0.863. The van der Waals surface area contributed by atoms with Gasteiger partial charge in [-0.15, -0.1) is 0 Å². The Kier molecular flexibility index (Phi) is 5.40. The van der Waals surface area contributed by atoms with E-state index in [9.17, 15) is 9.59 Å². The highest BCUT2D eigenvalue weighted by atomic mass is 16.2. The third-order valence-electron chi connectivity index (χ3n) is 5.05. The molecule has 0 saturated carbocycles. The SMILES string of the molecule is CCN1C(=O)C[C@@H](CNC(=O)Cc2ccc(C)cc2)[C@@H]1c1nccn1C. The van der Waals surface area contributed by atoms with Gasteiger partial charge < -0.3 is 14.8 Å². The van der Waals surface area contributed by atoms with E-state index in [1.54, 1.807) is 6.20 Å². The Balaban J connectivity index is 1.65. The first-order valence-corrected chi connectivity index (χ1v) is 9.08. The van der Waals surface area contributed by atoms with Gasteiger partial charge in [0.2, 0.25) is 11.8 Å². The summed E-state index contributed by atoms with van der Waals surface area (Å²) in [4.78, 5) is 31.0. The lowest BCUT2D eigenvalue weighted by Crippen LogP contribution is -2.35. The van der Waals surface area contributed by atoms with Crippen molar-refractivity contribution in [3.8, 4) is 0 Å². The molecule has 6 heteroatoms. The number of likely N-dealkylation sites (tertiary alicyclic amines) is 1. The maximum Gasteiger partial charge on any atom is 0.224 e. The van der Waals surface area contributed by atoms with Crippen LogP contribution in [0.25, 0.3) is 0 Å². The standard InChI is InChI=1S/C20H26N4O2/c1-4-24-18(26)12-16(19(24)20-21-9-10-23(20)3)13-22-17(25)11-15-7-5-14(2)6-8-15/h5-10,16,19H,4,11-13H2,1-3H3,(H,22,25)/t16-,19+/m0/s1. The zero-order chi connectivity index (χ0) is 18.7. The van der Waals surface area contributed by atoms with E-state index in [2.05, 4.69) is 10.3 Å². The molecule has 0 radical (unpaired) electrons. The molecule has 2 aromatic rings. The fraction of sp³-hybridized carbons (Fsp3) is 0.450. The van der Waals surface area contributed by atoms with Gasteiger partial charge in [-0.2, -0.15) is 0 Å². The van der Waals surface area contributed by atoms with Crippen molar-refractivity contribution >= 4 is 11.8 Å². The number of carbonyl (C=O) groups excluding carboxylic acids is 2. The van der Waals surface area contributed by atoms with Crippen LogP contribution in [0.3, 0.4) is 0 Å². The molecule has 0 spiro atoms. The van der Waals surface area contributed by atoms with Crippen molar-refractivity contribution < 1.29 is 9.59 Å². The van der Waals surface area contributed by atoms with Crippen LogP contribution >= 0.6 is 0 Å². The van der Waals surface area contributed by atoms with Crippen LogP contribution in [0.2, 0.25) is 0 Å². The maximum absolute atomic E-state index is 12.4. The Morgan fingerprint density at radius 2 is 2.04 bits per heavy atom. The predicted octanol–water partition coefficient (Wildman–Crippen LogP) is 2.00. The fourth-order valence-corrected chi connectivity index (χ4v) is 3.63. The minimum absolute atomic E-state index is 0.0187. The lowest BCUT2D eigenvalue weighted by Gasteiger charge is -2.27. The summed E-state index contributed by atoms with van der Waals surface area (Å²) >= 11 is 0. The number of rotatable bonds is 6. The number of benzene rings is 1. The largest absolute Gasteiger partial charge is 0.355 e. The second kappa shape index (κ2) is 7.72. The molecule has 2 atom stereocenters. The summed E-state index contributed by atoms with van der Waals surface area (Å²) in [6, 6.07) is 7.88. The Morgan fingerprint density at radius 1 is 1.31 bits per heavy atom. The molecule has 1 aromatic carbocycles. The van der Waals surface area contributed by atoms with E-state index in [-0.39, 0.29) is 23.8 Å². The van der Waals surface area contributed by atoms with Crippen LogP contribution in [-0.2, 0) is 23.1 Å². The molecule has 1 aliphatic heterocycles. The molecule has 0 bridgehead atoms. The monoisotopic (exact) mass is 354 g/mol. The lowest BCUT2D eigenvalue weighted by molar-refractivity contribution is -0.129. The summed E-state index contributed by atoms with van der Waals surface area (Å²) in [5.74, 6) is 1.01. The molecule has 6 nitrogen and oxygen atoms in total. The molecule has 0 aliphatic carbocycles. The van der Waals surface area contributed by atoms with Crippen LogP contribution in [0.5, 0.6) is 0 Å². The molecule has 2 amide bonds. The second-order valence-corrected chi connectivity index (χ2v) is 6.95. The van der Waals surface area contributed by atoms with E-state index in [0.29, 0.717) is 25.9 Å². The molecule has 1 N–H and O–H groups in total. The average Bonchev–Trinajstić information content (AvgIpc) is 3.17. The van der Waals surface area contributed by atoms with Gasteiger partial charge in [0.25, 0.3) is 0 Å². The fourth-order valence-electron chi connectivity index (χ4n) is 3.63. The Hall–Kier alpha value is -2.63. The highest BCUT2D eigenvalue weighted by Gasteiger charge is 2.41. The number of nitrogens with one attached hydrogen (secondary N) is 1. The van der Waals surface area contributed by atoms with Crippen LogP contribution in [0.15, 0.2) is 36.7 Å². The Labute approximate surface area is 154 Å². The van der Waals surface area contributed by atoms with E-state index in [4.69, 9.17) is 0 Å². The van der Waals surface area contributed by atoms with Gasteiger partial charge in [-0.25, -0.2) is 4.98 Å². The normalized spacial score (nSPS) is 19.8. The van der Waals surface area contributed by atoms with E-state index in [1.807, 2.05) is 60.8 Å². The van der Waals surface area contributed by atoms with Crippen molar-refractivity contribution in [1.29, 1.82) is 0 Å². The summed E-state index contributed by atoms with van der Waals surface area (Å²) in [6.45, 7) is 5.12. The van der Waals surface area contributed by atoms with Crippen LogP contribution in [-0.4, -0.2) is 39.4 Å². The molecular formula is C20H26N4O2. The van der Waals surface area contributed by atoms with Crippen molar-refractivity contribution in [2.75, 3.05) is 13.1 Å². The van der Waals surface area contributed by atoms with E-state index in [1.165, 1.54) is 5.56 Å². The number of aromatic nitrogens is 2. The van der Waals surface area contributed by atoms with Gasteiger partial charge in [-0.1, -0.05) is 29.8 Å². The van der Waals surface area contributed by atoms with E-state index >= 15 is 0 Å². The van der Waals surface area contributed by atoms with Crippen molar-refractivity contribution in [3.05, 3.63) is 53.6 Å². The Morgan fingerprint density at radius 3 is 2.65 bits per heavy atom. The van der Waals surface area contributed by atoms with Crippen LogP contribution < -0.4 is 5.32 Å². The van der Waals surface area contributed by atoms with Crippen LogP contribution in [0, 0.1) is 12.8 Å². The smallest absolute Gasteiger partial charge is 0.224 e. The number of hydrogen-bond acceptors (Lipinski definition) is 3. The van der Waals surface area contributed by atoms with Crippen LogP contribution in [0.1, 0.15) is 36.3 Å². The predicted molar refractivity (Wildman–Crippen MR) is 99.3 cm³/mol. The van der Waals surface area contributed by atoms with Crippen molar-refractivity contribution in [3.63, 3.8) is 0 Å². The van der Waals surface area contributed by atoms with Crippen molar-refractivity contribution in [2.45, 2.75) is 32.7 Å². The first-order chi connectivity index (χ1) is 12.5. The van der Waals surface area contributed by atoms with Crippen molar-refractivity contribution in [1.82, 2.24) is 19.8 Å². The third-order valence-corrected chi connectivity index (χ3v) is 5.05. The first kappa shape index (κ1) is 18.2. The topological polar surface area (TPSA) is 67.2 Å². The molecule has 2 heterocycles. The van der Waals surface area contributed by atoms with Gasteiger partial charge >= 0.3 is 0 Å². The molecule has 1 fully saturated rings. The van der Waals surface area contributed by atoms with Gasteiger partial charge in [0.1, 0.15) is 5.82 Å². The van der Waals surface area contributed by atoms with Gasteiger partial charge in [0.15, 0.2) is 0 Å². The molecular weight excluding hydrogens is 328 g/mol. The van der Waals surface area contributed by atoms with Gasteiger partial charge in [-0.3, -0.25) is 9.59 Å². The summed E-state index contributed by atoms with van der Waals surface area (Å²) in [6.07, 6.45) is 4.43. The Bertz CT molecular complexity index is 781. The zero-order valence-electron chi connectivity index (χ0n) is 15.6. The zero-order valence-corrected chi connectivity index (χ0v) is 15.6. The van der Waals surface area contributed by atoms with Gasteiger partial charge in [0, 0.05) is 44.9 Å². The minimum Gasteiger partial charge on any atom is -0.355 e.